The van der Waals surface area contributed by atoms with Crippen LogP contribution in [0, 0.1) is 5.41 Å². The molecular formula is C17H24BrNO. The molecule has 3 heteroatoms. The highest BCUT2D eigenvalue weighted by Crippen LogP contribution is 2.36. The van der Waals surface area contributed by atoms with Gasteiger partial charge in [0.25, 0.3) is 0 Å². The molecule has 110 valence electrons. The van der Waals surface area contributed by atoms with Crippen LogP contribution in [0.15, 0.2) is 22.7 Å². The van der Waals surface area contributed by atoms with Crippen LogP contribution in [0.4, 0.5) is 0 Å². The lowest BCUT2D eigenvalue weighted by atomic mass is 9.73. The Bertz CT molecular complexity index is 486. The normalized spacial score (nSPS) is 27.9. The summed E-state index contributed by atoms with van der Waals surface area (Å²) < 4.78 is 7.18. The van der Waals surface area contributed by atoms with Crippen LogP contribution in [0.3, 0.4) is 0 Å². The van der Waals surface area contributed by atoms with Crippen molar-refractivity contribution in [1.29, 1.82) is 0 Å². The van der Waals surface area contributed by atoms with Crippen LogP contribution in [0.2, 0.25) is 0 Å². The molecular weight excluding hydrogens is 314 g/mol. The van der Waals surface area contributed by atoms with E-state index < -0.39 is 0 Å². The molecule has 1 heterocycles. The molecule has 0 aromatic heterocycles. The third-order valence-corrected chi connectivity index (χ3v) is 5.36. The zero-order valence-electron chi connectivity index (χ0n) is 12.4. The summed E-state index contributed by atoms with van der Waals surface area (Å²) in [6.45, 7) is 5.75. The first-order valence-electron chi connectivity index (χ1n) is 7.73. The lowest BCUT2D eigenvalue weighted by Crippen LogP contribution is -2.47. The molecule has 1 aromatic carbocycles. The van der Waals surface area contributed by atoms with E-state index in [2.05, 4.69) is 53.3 Å². The second-order valence-electron chi connectivity index (χ2n) is 6.89. The van der Waals surface area contributed by atoms with Crippen molar-refractivity contribution in [1.82, 2.24) is 5.32 Å². The Hall–Kier alpha value is -0.540. The van der Waals surface area contributed by atoms with Gasteiger partial charge in [-0.25, -0.2) is 0 Å². The van der Waals surface area contributed by atoms with Crippen molar-refractivity contribution in [3.05, 3.63) is 28.2 Å². The fraction of sp³-hybridized carbons (Fsp3) is 0.647. The molecule has 1 saturated carbocycles. The zero-order chi connectivity index (χ0) is 14.2. The van der Waals surface area contributed by atoms with E-state index in [9.17, 15) is 0 Å². The van der Waals surface area contributed by atoms with Crippen LogP contribution in [0.25, 0.3) is 0 Å². The van der Waals surface area contributed by atoms with Crippen LogP contribution in [0.1, 0.15) is 45.1 Å². The van der Waals surface area contributed by atoms with Gasteiger partial charge in [-0.05, 0) is 42.0 Å². The van der Waals surface area contributed by atoms with Crippen molar-refractivity contribution in [2.75, 3.05) is 6.54 Å². The van der Waals surface area contributed by atoms with Crippen molar-refractivity contribution in [3.8, 4) is 5.75 Å². The van der Waals surface area contributed by atoms with Crippen molar-refractivity contribution in [2.45, 2.75) is 58.1 Å². The average Bonchev–Trinajstić information content (AvgIpc) is 2.79. The van der Waals surface area contributed by atoms with Crippen LogP contribution < -0.4 is 10.1 Å². The maximum absolute atomic E-state index is 6.04. The maximum Gasteiger partial charge on any atom is 0.123 e. The first kappa shape index (κ1) is 14.4. The van der Waals surface area contributed by atoms with Crippen molar-refractivity contribution < 1.29 is 4.74 Å². The fourth-order valence-electron chi connectivity index (χ4n) is 3.55. The third-order valence-electron chi connectivity index (χ3n) is 4.86. The Morgan fingerprint density at radius 1 is 1.35 bits per heavy atom. The minimum absolute atomic E-state index is 0.289. The molecule has 0 spiro atoms. The van der Waals surface area contributed by atoms with Crippen molar-refractivity contribution >= 4 is 15.9 Å². The number of ether oxygens (including phenoxy) is 1. The highest BCUT2D eigenvalue weighted by atomic mass is 79.9. The van der Waals surface area contributed by atoms with Crippen molar-refractivity contribution in [3.63, 3.8) is 0 Å². The standard InChI is InChI=1S/C17H24BrNO/c1-17(2)8-4-3-5-16(17)19-11-14-10-12-9-13(18)6-7-15(12)20-14/h6-7,9,14,16,19H,3-5,8,10-11H2,1-2H3. The van der Waals surface area contributed by atoms with Crippen LogP contribution in [0.5, 0.6) is 5.75 Å². The van der Waals surface area contributed by atoms with E-state index >= 15 is 0 Å². The van der Waals surface area contributed by atoms with Crippen LogP contribution >= 0.6 is 15.9 Å². The van der Waals surface area contributed by atoms with E-state index in [1.165, 1.54) is 31.2 Å². The summed E-state index contributed by atoms with van der Waals surface area (Å²) >= 11 is 3.53. The second-order valence-corrected chi connectivity index (χ2v) is 7.81. The maximum atomic E-state index is 6.04. The molecule has 2 nitrogen and oxygen atoms in total. The summed E-state index contributed by atoms with van der Waals surface area (Å²) in [5, 5.41) is 3.77. The fourth-order valence-corrected chi connectivity index (χ4v) is 3.96. The summed E-state index contributed by atoms with van der Waals surface area (Å²) in [6.07, 6.45) is 6.69. The Morgan fingerprint density at radius 2 is 2.20 bits per heavy atom. The van der Waals surface area contributed by atoms with Gasteiger partial charge in [0.15, 0.2) is 0 Å². The van der Waals surface area contributed by atoms with E-state index in [0.717, 1.165) is 23.2 Å². The van der Waals surface area contributed by atoms with Crippen molar-refractivity contribution in [2.24, 2.45) is 5.41 Å². The van der Waals surface area contributed by atoms with Gasteiger partial charge in [-0.1, -0.05) is 42.6 Å². The SMILES string of the molecule is CC1(C)CCCCC1NCC1Cc2cc(Br)ccc2O1. The molecule has 1 fully saturated rings. The van der Waals surface area contributed by atoms with Gasteiger partial charge in [0.2, 0.25) is 0 Å². The van der Waals surface area contributed by atoms with Gasteiger partial charge >= 0.3 is 0 Å². The molecule has 0 radical (unpaired) electrons. The Morgan fingerprint density at radius 3 is 3.00 bits per heavy atom. The summed E-state index contributed by atoms with van der Waals surface area (Å²) in [6, 6.07) is 6.94. The number of nitrogens with one attached hydrogen (secondary N) is 1. The molecule has 1 aromatic rings. The van der Waals surface area contributed by atoms with Gasteiger partial charge in [0.05, 0.1) is 0 Å². The molecule has 2 aliphatic rings. The molecule has 1 N–H and O–H groups in total. The molecule has 1 aliphatic heterocycles. The van der Waals surface area contributed by atoms with E-state index in [4.69, 9.17) is 4.74 Å². The minimum atomic E-state index is 0.289. The van der Waals surface area contributed by atoms with Gasteiger partial charge in [-0.3, -0.25) is 0 Å². The molecule has 0 bridgehead atoms. The highest BCUT2D eigenvalue weighted by molar-refractivity contribution is 9.10. The quantitative estimate of drug-likeness (QED) is 0.887. The lowest BCUT2D eigenvalue weighted by Gasteiger charge is -2.39. The number of benzene rings is 1. The zero-order valence-corrected chi connectivity index (χ0v) is 14.0. The average molecular weight is 338 g/mol. The number of halogens is 1. The Kier molecular flexibility index (Phi) is 4.09. The van der Waals surface area contributed by atoms with E-state index in [-0.39, 0.29) is 6.10 Å². The monoisotopic (exact) mass is 337 g/mol. The molecule has 0 amide bonds. The summed E-state index contributed by atoms with van der Waals surface area (Å²) in [5.41, 5.74) is 1.75. The van der Waals surface area contributed by atoms with Gasteiger partial charge in [0, 0.05) is 23.5 Å². The Balaban J connectivity index is 1.56. The first-order chi connectivity index (χ1) is 9.54. The van der Waals surface area contributed by atoms with E-state index in [0.29, 0.717) is 11.5 Å². The second kappa shape index (κ2) is 5.69. The van der Waals surface area contributed by atoms with Crippen LogP contribution in [-0.4, -0.2) is 18.7 Å². The highest BCUT2D eigenvalue weighted by Gasteiger charge is 2.33. The molecule has 1 aliphatic carbocycles. The number of fused-ring (bicyclic) bond motifs is 1. The predicted octanol–water partition coefficient (Wildman–Crippen LogP) is 4.31. The third kappa shape index (κ3) is 3.04. The predicted molar refractivity (Wildman–Crippen MR) is 86.3 cm³/mol. The summed E-state index contributed by atoms with van der Waals surface area (Å²) in [7, 11) is 0. The van der Waals surface area contributed by atoms with E-state index in [1.54, 1.807) is 0 Å². The molecule has 2 unspecified atom stereocenters. The van der Waals surface area contributed by atoms with Gasteiger partial charge in [0.1, 0.15) is 11.9 Å². The smallest absolute Gasteiger partial charge is 0.123 e. The molecule has 0 saturated heterocycles. The van der Waals surface area contributed by atoms with E-state index in [1.807, 2.05) is 0 Å². The first-order valence-corrected chi connectivity index (χ1v) is 8.52. The number of hydrogen-bond acceptors (Lipinski definition) is 2. The minimum Gasteiger partial charge on any atom is -0.488 e. The summed E-state index contributed by atoms with van der Waals surface area (Å²) in [5.74, 6) is 1.06. The topological polar surface area (TPSA) is 21.3 Å². The molecule has 20 heavy (non-hydrogen) atoms. The van der Waals surface area contributed by atoms with Gasteiger partial charge in [-0.2, -0.15) is 0 Å². The Labute approximate surface area is 130 Å². The van der Waals surface area contributed by atoms with Crippen LogP contribution in [-0.2, 0) is 6.42 Å². The van der Waals surface area contributed by atoms with Gasteiger partial charge < -0.3 is 10.1 Å². The van der Waals surface area contributed by atoms with Gasteiger partial charge in [-0.15, -0.1) is 0 Å². The number of rotatable bonds is 3. The summed E-state index contributed by atoms with van der Waals surface area (Å²) in [4.78, 5) is 0. The largest absolute Gasteiger partial charge is 0.488 e. The molecule has 3 rings (SSSR count). The molecule has 2 atom stereocenters. The number of hydrogen-bond donors (Lipinski definition) is 1. The lowest BCUT2D eigenvalue weighted by molar-refractivity contribution is 0.145.